The van der Waals surface area contributed by atoms with Crippen molar-refractivity contribution in [1.82, 2.24) is 0 Å². The van der Waals surface area contributed by atoms with Gasteiger partial charge >= 0.3 is 11.9 Å². The Balaban J connectivity index is 2.35. The Morgan fingerprint density at radius 3 is 2.50 bits per heavy atom. The predicted octanol–water partition coefficient (Wildman–Crippen LogP) is 3.36. The molecule has 3 nitrogen and oxygen atoms in total. The van der Waals surface area contributed by atoms with Crippen molar-refractivity contribution < 1.29 is 31.1 Å². The molecule has 2 rings (SSSR count). The van der Waals surface area contributed by atoms with E-state index in [1.54, 1.807) is 0 Å². The first kappa shape index (κ1) is 15.7. The van der Waals surface area contributed by atoms with Gasteiger partial charge in [-0.3, -0.25) is 9.73 Å². The topological polar surface area (TPSA) is 47.6 Å². The highest BCUT2D eigenvalue weighted by Crippen LogP contribution is 2.49. The molecule has 0 aromatic carbocycles. The van der Waals surface area contributed by atoms with Crippen molar-refractivity contribution in [2.45, 2.75) is 22.3 Å². The smallest absolute Gasteiger partial charge is 0.301 e. The van der Waals surface area contributed by atoms with Crippen LogP contribution in [0.2, 0.25) is 0 Å². The summed E-state index contributed by atoms with van der Waals surface area (Å²) in [5, 5.41) is 0. The van der Waals surface area contributed by atoms with Gasteiger partial charge in [-0.25, -0.2) is 0 Å². The van der Waals surface area contributed by atoms with E-state index >= 15 is 0 Å². The molecule has 1 aliphatic heterocycles. The van der Waals surface area contributed by atoms with Crippen molar-refractivity contribution in [2.75, 3.05) is 0 Å². The summed E-state index contributed by atoms with van der Waals surface area (Å²) in [4.78, 5) is 1.26. The van der Waals surface area contributed by atoms with E-state index in [1.165, 1.54) is 0 Å². The van der Waals surface area contributed by atoms with Gasteiger partial charge in [0.1, 0.15) is 5.50 Å². The molecule has 2 atom stereocenters. The Labute approximate surface area is 117 Å². The third-order valence-electron chi connectivity index (χ3n) is 2.12. The second-order valence-corrected chi connectivity index (χ2v) is 6.15. The van der Waals surface area contributed by atoms with Gasteiger partial charge in [0.25, 0.3) is 0 Å². The second kappa shape index (κ2) is 4.97. The van der Waals surface area contributed by atoms with Gasteiger partial charge in [-0.15, -0.1) is 13.2 Å². The summed E-state index contributed by atoms with van der Waals surface area (Å²) in [5.41, 5.74) is 0.0270. The first-order valence-electron chi connectivity index (χ1n) is 4.94. The van der Waals surface area contributed by atoms with Crippen LogP contribution in [0.4, 0.5) is 26.3 Å². The highest BCUT2D eigenvalue weighted by atomic mass is 32.2. The number of hydrogen-bond acceptors (Lipinski definition) is 5. The van der Waals surface area contributed by atoms with Crippen molar-refractivity contribution in [3.63, 3.8) is 0 Å². The Morgan fingerprint density at radius 2 is 1.95 bits per heavy atom. The summed E-state index contributed by atoms with van der Waals surface area (Å²) in [6.07, 6.45) is -2.78. The van der Waals surface area contributed by atoms with E-state index in [1.807, 2.05) is 0 Å². The maximum absolute atomic E-state index is 12.5. The number of nitrogens with zero attached hydrogens (tertiary/aromatic N) is 1. The zero-order valence-corrected chi connectivity index (χ0v) is 11.0. The van der Waals surface area contributed by atoms with Gasteiger partial charge in [0.15, 0.2) is 4.93 Å². The first-order chi connectivity index (χ1) is 8.98. The molecule has 0 saturated carbocycles. The quantitative estimate of drug-likeness (QED) is 0.620. The molecule has 0 aromatic heterocycles. The summed E-state index contributed by atoms with van der Waals surface area (Å²) < 4.78 is 78.1. The SMILES string of the molecule is NC1N=C2C=CC(OC(F)(F)F)(SC(F)(F)F)C=C2S1. The van der Waals surface area contributed by atoms with Gasteiger partial charge in [0.2, 0.25) is 0 Å². The van der Waals surface area contributed by atoms with Gasteiger partial charge in [-0.1, -0.05) is 11.8 Å². The standard InChI is InChI=1S/C9H6F6N2OS2/c10-8(11,12)18-7(20-9(13,14)15)2-1-4-5(3-7)19-6(16)17-4/h1-3,6H,16H2. The molecule has 0 spiro atoms. The zero-order valence-electron chi connectivity index (χ0n) is 9.33. The molecule has 0 radical (unpaired) electrons. The molecule has 1 heterocycles. The highest BCUT2D eigenvalue weighted by molar-refractivity contribution is 8.05. The number of thioether (sulfide) groups is 2. The minimum atomic E-state index is -5.22. The summed E-state index contributed by atoms with van der Waals surface area (Å²) in [6, 6.07) is 0. The van der Waals surface area contributed by atoms with Gasteiger partial charge < -0.3 is 5.73 Å². The molecule has 2 N–H and O–H groups in total. The molecule has 20 heavy (non-hydrogen) atoms. The molecule has 112 valence electrons. The molecule has 0 aromatic rings. The number of alkyl halides is 6. The fourth-order valence-corrected chi connectivity index (χ4v) is 3.38. The summed E-state index contributed by atoms with van der Waals surface area (Å²) in [7, 11) is 0. The number of allylic oxidation sites excluding steroid dienone is 2. The lowest BCUT2D eigenvalue weighted by Gasteiger charge is -2.30. The van der Waals surface area contributed by atoms with Crippen molar-refractivity contribution in [3.8, 4) is 0 Å². The molecule has 2 unspecified atom stereocenters. The number of fused-ring (bicyclic) bond motifs is 1. The van der Waals surface area contributed by atoms with Gasteiger partial charge in [0, 0.05) is 4.91 Å². The molecule has 1 aliphatic carbocycles. The average molecular weight is 336 g/mol. The van der Waals surface area contributed by atoms with Crippen LogP contribution in [-0.4, -0.2) is 28.0 Å². The first-order valence-corrected chi connectivity index (χ1v) is 6.64. The van der Waals surface area contributed by atoms with E-state index < -0.39 is 34.1 Å². The molecule has 2 aliphatic rings. The third-order valence-corrected chi connectivity index (χ3v) is 3.94. The van der Waals surface area contributed by atoms with Crippen molar-refractivity contribution in [1.29, 1.82) is 0 Å². The number of rotatable bonds is 2. The Hall–Kier alpha value is -0.650. The van der Waals surface area contributed by atoms with Crippen LogP contribution in [0.1, 0.15) is 0 Å². The predicted molar refractivity (Wildman–Crippen MR) is 63.7 cm³/mol. The number of nitrogens with two attached hydrogens (primary N) is 1. The molecular formula is C9H6F6N2OS2. The number of ether oxygens (including phenoxy) is 1. The van der Waals surface area contributed by atoms with E-state index in [4.69, 9.17) is 5.73 Å². The van der Waals surface area contributed by atoms with E-state index in [0.29, 0.717) is 6.08 Å². The van der Waals surface area contributed by atoms with Crippen molar-refractivity contribution >= 4 is 29.2 Å². The molecule has 0 fully saturated rings. The van der Waals surface area contributed by atoms with E-state index in [9.17, 15) is 26.3 Å². The van der Waals surface area contributed by atoms with Crippen molar-refractivity contribution in [3.05, 3.63) is 23.1 Å². The Morgan fingerprint density at radius 1 is 1.30 bits per heavy atom. The van der Waals surface area contributed by atoms with Crippen LogP contribution in [0.5, 0.6) is 0 Å². The van der Waals surface area contributed by atoms with Crippen LogP contribution in [0.3, 0.4) is 0 Å². The lowest BCUT2D eigenvalue weighted by molar-refractivity contribution is -0.337. The maximum atomic E-state index is 12.5. The van der Waals surface area contributed by atoms with Crippen LogP contribution in [0.25, 0.3) is 0 Å². The average Bonchev–Trinajstić information content (AvgIpc) is 2.50. The lowest BCUT2D eigenvalue weighted by atomic mass is 10.1. The van der Waals surface area contributed by atoms with Crippen LogP contribution >= 0.6 is 23.5 Å². The van der Waals surface area contributed by atoms with Crippen LogP contribution in [-0.2, 0) is 4.74 Å². The third kappa shape index (κ3) is 3.93. The largest absolute Gasteiger partial charge is 0.524 e. The van der Waals surface area contributed by atoms with Crippen LogP contribution < -0.4 is 5.73 Å². The zero-order chi connectivity index (χ0) is 15.2. The number of aliphatic imine (C=N–C) groups is 1. The Kier molecular flexibility index (Phi) is 3.91. The molecule has 11 heteroatoms. The van der Waals surface area contributed by atoms with Gasteiger partial charge in [-0.05, 0) is 30.0 Å². The highest BCUT2D eigenvalue weighted by Gasteiger charge is 2.50. The van der Waals surface area contributed by atoms with Crippen LogP contribution in [0.15, 0.2) is 28.1 Å². The normalized spacial score (nSPS) is 30.1. The molecule has 0 amide bonds. The van der Waals surface area contributed by atoms with Crippen LogP contribution in [0, 0.1) is 0 Å². The van der Waals surface area contributed by atoms with Crippen molar-refractivity contribution in [2.24, 2.45) is 10.7 Å². The van der Waals surface area contributed by atoms with E-state index in [2.05, 4.69) is 9.73 Å². The number of hydrogen-bond donors (Lipinski definition) is 1. The maximum Gasteiger partial charge on any atom is 0.524 e. The monoisotopic (exact) mass is 336 g/mol. The summed E-state index contributed by atoms with van der Waals surface area (Å²) in [6.45, 7) is 0. The van der Waals surface area contributed by atoms with E-state index in [-0.39, 0.29) is 10.6 Å². The minimum absolute atomic E-state index is 0.126. The van der Waals surface area contributed by atoms with Gasteiger partial charge in [-0.2, -0.15) is 13.2 Å². The second-order valence-electron chi connectivity index (χ2n) is 3.68. The molecule has 0 bridgehead atoms. The minimum Gasteiger partial charge on any atom is -0.301 e. The molecular weight excluding hydrogens is 330 g/mol. The summed E-state index contributed by atoms with van der Waals surface area (Å²) in [5.74, 6) is 0. The fourth-order valence-electron chi connectivity index (χ4n) is 1.59. The fraction of sp³-hybridized carbons (Fsp3) is 0.444. The molecule has 0 saturated heterocycles. The van der Waals surface area contributed by atoms with E-state index in [0.717, 1.165) is 23.9 Å². The Bertz CT molecular complexity index is 480. The number of halogens is 6. The summed E-state index contributed by atoms with van der Waals surface area (Å²) >= 11 is -0.0527. The van der Waals surface area contributed by atoms with Gasteiger partial charge in [0.05, 0.1) is 5.71 Å². The lowest BCUT2D eigenvalue weighted by Crippen LogP contribution is -2.36.